The number of fused-ring (bicyclic) bond motifs is 1. The lowest BCUT2D eigenvalue weighted by Crippen LogP contribution is -2.31. The van der Waals surface area contributed by atoms with Gasteiger partial charge < -0.3 is 14.1 Å². The van der Waals surface area contributed by atoms with Gasteiger partial charge in [-0.3, -0.25) is 4.79 Å². The first-order valence-electron chi connectivity index (χ1n) is 7.67. The molecule has 0 saturated heterocycles. The molecule has 0 aliphatic heterocycles. The summed E-state index contributed by atoms with van der Waals surface area (Å²) in [6.45, 7) is 0.389. The maximum atomic E-state index is 12.3. The fourth-order valence-corrected chi connectivity index (χ4v) is 2.77. The third-order valence-electron chi connectivity index (χ3n) is 3.75. The quantitative estimate of drug-likeness (QED) is 0.612. The topological polar surface area (TPSA) is 59.8 Å². The molecule has 0 radical (unpaired) electrons. The van der Waals surface area contributed by atoms with Gasteiger partial charge in [0.15, 0.2) is 6.61 Å². The minimum absolute atomic E-state index is 0.0937. The van der Waals surface area contributed by atoms with Crippen molar-refractivity contribution in [2.24, 2.45) is 0 Å². The van der Waals surface area contributed by atoms with E-state index < -0.39 is 5.63 Å². The van der Waals surface area contributed by atoms with Gasteiger partial charge in [-0.15, -0.1) is 0 Å². The Morgan fingerprint density at radius 1 is 1.16 bits per heavy atom. The van der Waals surface area contributed by atoms with Crippen molar-refractivity contribution in [1.82, 2.24) is 4.90 Å². The van der Waals surface area contributed by atoms with E-state index in [1.165, 1.54) is 6.07 Å². The molecule has 0 saturated carbocycles. The Morgan fingerprint density at radius 2 is 1.92 bits per heavy atom. The molecule has 3 aromatic rings. The monoisotopic (exact) mass is 401 g/mol. The Hall–Kier alpha value is -2.60. The predicted molar refractivity (Wildman–Crippen MR) is 98.6 cm³/mol. The van der Waals surface area contributed by atoms with Gasteiger partial charge in [-0.05, 0) is 29.8 Å². The molecular formula is C19H16BrNO4. The first kappa shape index (κ1) is 17.2. The molecule has 3 rings (SSSR count). The van der Waals surface area contributed by atoms with Gasteiger partial charge >= 0.3 is 5.63 Å². The molecule has 25 heavy (non-hydrogen) atoms. The number of benzene rings is 2. The van der Waals surface area contributed by atoms with Gasteiger partial charge in [0.25, 0.3) is 5.91 Å². The van der Waals surface area contributed by atoms with Crippen LogP contribution in [0.5, 0.6) is 5.75 Å². The maximum Gasteiger partial charge on any atom is 0.336 e. The van der Waals surface area contributed by atoms with Crippen molar-refractivity contribution in [3.63, 3.8) is 0 Å². The number of halogens is 1. The summed E-state index contributed by atoms with van der Waals surface area (Å²) in [6.07, 6.45) is 0. The Balaban J connectivity index is 1.63. The summed E-state index contributed by atoms with van der Waals surface area (Å²) in [6, 6.07) is 15.9. The number of hydrogen-bond acceptors (Lipinski definition) is 4. The van der Waals surface area contributed by atoms with Crippen molar-refractivity contribution < 1.29 is 13.9 Å². The Morgan fingerprint density at radius 3 is 2.72 bits per heavy atom. The minimum atomic E-state index is -0.422. The van der Waals surface area contributed by atoms with Crippen molar-refractivity contribution in [2.75, 3.05) is 13.7 Å². The number of carbonyl (C=O) groups is 1. The van der Waals surface area contributed by atoms with E-state index in [1.54, 1.807) is 36.2 Å². The van der Waals surface area contributed by atoms with Crippen LogP contribution in [0.25, 0.3) is 11.0 Å². The summed E-state index contributed by atoms with van der Waals surface area (Å²) in [5, 5.41) is 0.796. The molecule has 128 valence electrons. The molecule has 0 aliphatic carbocycles. The zero-order valence-electron chi connectivity index (χ0n) is 13.6. The largest absolute Gasteiger partial charge is 0.484 e. The van der Waals surface area contributed by atoms with E-state index in [0.29, 0.717) is 17.9 Å². The van der Waals surface area contributed by atoms with Crippen LogP contribution in [0.15, 0.2) is 68.3 Å². The molecule has 0 atom stereocenters. The van der Waals surface area contributed by atoms with Crippen LogP contribution in [0.2, 0.25) is 0 Å². The van der Waals surface area contributed by atoms with E-state index in [2.05, 4.69) is 15.9 Å². The second-order valence-corrected chi connectivity index (χ2v) is 6.44. The van der Waals surface area contributed by atoms with Crippen molar-refractivity contribution in [3.8, 4) is 5.75 Å². The molecule has 2 aromatic carbocycles. The number of ether oxygens (including phenoxy) is 1. The van der Waals surface area contributed by atoms with Crippen LogP contribution >= 0.6 is 15.9 Å². The Labute approximate surface area is 152 Å². The number of nitrogens with zero attached hydrogens (tertiary/aromatic N) is 1. The van der Waals surface area contributed by atoms with Gasteiger partial charge in [0, 0.05) is 35.6 Å². The van der Waals surface area contributed by atoms with Gasteiger partial charge in [-0.25, -0.2) is 4.79 Å². The molecule has 0 spiro atoms. The van der Waals surface area contributed by atoms with Crippen LogP contribution in [0, 0.1) is 0 Å². The highest BCUT2D eigenvalue weighted by Crippen LogP contribution is 2.20. The third-order valence-corrected chi connectivity index (χ3v) is 4.52. The summed E-state index contributed by atoms with van der Waals surface area (Å²) in [4.78, 5) is 25.1. The van der Waals surface area contributed by atoms with E-state index in [9.17, 15) is 9.59 Å². The number of amides is 1. The molecular weight excluding hydrogens is 386 g/mol. The lowest BCUT2D eigenvalue weighted by Gasteiger charge is -2.18. The maximum absolute atomic E-state index is 12.3. The standard InChI is InChI=1S/C19H16BrNO4/c1-21(11-14-4-2-3-5-16(14)20)18(22)12-24-15-8-6-13-7-9-19(23)25-17(13)10-15/h2-10H,11-12H2,1H3. The number of rotatable bonds is 5. The van der Waals surface area contributed by atoms with E-state index in [-0.39, 0.29) is 12.5 Å². The van der Waals surface area contributed by atoms with E-state index in [4.69, 9.17) is 9.15 Å². The van der Waals surface area contributed by atoms with Gasteiger partial charge in [-0.1, -0.05) is 34.1 Å². The summed E-state index contributed by atoms with van der Waals surface area (Å²) >= 11 is 3.47. The van der Waals surface area contributed by atoms with Crippen molar-refractivity contribution in [3.05, 3.63) is 75.1 Å². The molecule has 1 heterocycles. The van der Waals surface area contributed by atoms with Crippen LogP contribution in [-0.4, -0.2) is 24.5 Å². The van der Waals surface area contributed by atoms with Gasteiger partial charge in [-0.2, -0.15) is 0 Å². The molecule has 0 N–H and O–H groups in total. The Bertz CT molecular complexity index is 967. The van der Waals surface area contributed by atoms with Crippen LogP contribution in [-0.2, 0) is 11.3 Å². The molecule has 1 amide bonds. The smallest absolute Gasteiger partial charge is 0.336 e. The fraction of sp³-hybridized carbons (Fsp3) is 0.158. The molecule has 5 nitrogen and oxygen atoms in total. The lowest BCUT2D eigenvalue weighted by atomic mass is 10.2. The van der Waals surface area contributed by atoms with Gasteiger partial charge in [0.1, 0.15) is 11.3 Å². The second kappa shape index (κ2) is 7.53. The summed E-state index contributed by atoms with van der Waals surface area (Å²) < 4.78 is 11.6. The average Bonchev–Trinajstić information content (AvgIpc) is 2.61. The van der Waals surface area contributed by atoms with E-state index in [1.807, 2.05) is 24.3 Å². The number of hydrogen-bond donors (Lipinski definition) is 0. The summed E-state index contributed by atoms with van der Waals surface area (Å²) in [5.41, 5.74) is 1.03. The number of likely N-dealkylation sites (N-methyl/N-ethyl adjacent to an activating group) is 1. The minimum Gasteiger partial charge on any atom is -0.484 e. The predicted octanol–water partition coefficient (Wildman–Crippen LogP) is 3.59. The molecule has 0 bridgehead atoms. The third kappa shape index (κ3) is 4.28. The zero-order chi connectivity index (χ0) is 17.8. The Kier molecular flexibility index (Phi) is 5.19. The second-order valence-electron chi connectivity index (χ2n) is 5.58. The van der Waals surface area contributed by atoms with Crippen LogP contribution in [0.1, 0.15) is 5.56 Å². The molecule has 0 fully saturated rings. The highest BCUT2D eigenvalue weighted by molar-refractivity contribution is 9.10. The molecule has 1 aromatic heterocycles. The first-order chi connectivity index (χ1) is 12.0. The van der Waals surface area contributed by atoms with Crippen LogP contribution < -0.4 is 10.4 Å². The first-order valence-corrected chi connectivity index (χ1v) is 8.46. The van der Waals surface area contributed by atoms with Gasteiger partial charge in [0.05, 0.1) is 0 Å². The molecule has 0 unspecified atom stereocenters. The van der Waals surface area contributed by atoms with E-state index >= 15 is 0 Å². The van der Waals surface area contributed by atoms with E-state index in [0.717, 1.165) is 15.4 Å². The zero-order valence-corrected chi connectivity index (χ0v) is 15.2. The van der Waals surface area contributed by atoms with Crippen molar-refractivity contribution in [1.29, 1.82) is 0 Å². The lowest BCUT2D eigenvalue weighted by molar-refractivity contribution is -0.132. The van der Waals surface area contributed by atoms with Crippen molar-refractivity contribution in [2.45, 2.75) is 6.54 Å². The summed E-state index contributed by atoms with van der Waals surface area (Å²) in [7, 11) is 1.73. The number of carbonyl (C=O) groups excluding carboxylic acids is 1. The fourth-order valence-electron chi connectivity index (χ4n) is 2.36. The summed E-state index contributed by atoms with van der Waals surface area (Å²) in [5.74, 6) is 0.329. The van der Waals surface area contributed by atoms with Gasteiger partial charge in [0.2, 0.25) is 0 Å². The SMILES string of the molecule is CN(Cc1ccccc1Br)C(=O)COc1ccc2ccc(=O)oc2c1. The van der Waals surface area contributed by atoms with Crippen LogP contribution in [0.4, 0.5) is 0 Å². The van der Waals surface area contributed by atoms with Crippen molar-refractivity contribution >= 4 is 32.8 Å². The highest BCUT2D eigenvalue weighted by atomic mass is 79.9. The average molecular weight is 402 g/mol. The highest BCUT2D eigenvalue weighted by Gasteiger charge is 2.12. The molecule has 0 aliphatic rings. The molecule has 6 heteroatoms. The normalized spacial score (nSPS) is 10.6. The van der Waals surface area contributed by atoms with Crippen LogP contribution in [0.3, 0.4) is 0 Å².